The lowest BCUT2D eigenvalue weighted by molar-refractivity contribution is 0.0276. The third-order valence-corrected chi connectivity index (χ3v) is 5.39. The van der Waals surface area contributed by atoms with E-state index in [0.29, 0.717) is 19.0 Å². The molecule has 2 aliphatic rings. The Morgan fingerprint density at radius 2 is 1.71 bits per heavy atom. The topological polar surface area (TPSA) is 67.8 Å². The predicted molar refractivity (Wildman–Crippen MR) is 97.2 cm³/mol. The average molecular weight is 341 g/mol. The largest absolute Gasteiger partial charge is 0.388 e. The van der Waals surface area contributed by atoms with E-state index >= 15 is 0 Å². The minimum absolute atomic E-state index is 0.155. The molecule has 3 N–H and O–H groups in total. The van der Waals surface area contributed by atoms with Gasteiger partial charge in [0.05, 0.1) is 5.60 Å². The molecule has 1 saturated heterocycles. The summed E-state index contributed by atoms with van der Waals surface area (Å²) in [4.78, 5) is 16.8. The van der Waals surface area contributed by atoms with Gasteiger partial charge in [-0.15, -0.1) is 0 Å². The van der Waals surface area contributed by atoms with Crippen LogP contribution in [0.3, 0.4) is 0 Å². The molecule has 1 atom stereocenters. The summed E-state index contributed by atoms with van der Waals surface area (Å²) in [5, 5.41) is 16.4. The fourth-order valence-corrected chi connectivity index (χ4v) is 3.67. The molecule has 1 aliphatic carbocycles. The van der Waals surface area contributed by atoms with Gasteiger partial charge < -0.3 is 25.5 Å². The first-order chi connectivity index (χ1) is 11.5. The number of carbonyl (C=O) groups excluding carboxylic acids is 1. The molecule has 2 rings (SSSR count). The van der Waals surface area contributed by atoms with Crippen molar-refractivity contribution in [1.82, 2.24) is 20.4 Å². The number of nitrogens with zero attached hydrogens (tertiary/aromatic N) is 2. The number of carbonyl (C=O) groups is 1. The molecule has 2 fully saturated rings. The molecule has 2 amide bonds. The minimum atomic E-state index is -0.709. The standard InChI is InChI=1S/C18H36N4O2/c1-16(14-22-11-9-21(2)10-12-22)13-19-17(23)20-15-18(24)7-5-3-4-6-8-18/h16,24H,3-15H2,1-2H3,(H2,19,20,23). The summed E-state index contributed by atoms with van der Waals surface area (Å²) < 4.78 is 0. The Kier molecular flexibility index (Phi) is 7.78. The quantitative estimate of drug-likeness (QED) is 0.637. The average Bonchev–Trinajstić information content (AvgIpc) is 2.78. The molecule has 1 heterocycles. The number of amides is 2. The Bertz CT molecular complexity index is 375. The van der Waals surface area contributed by atoms with Crippen LogP contribution in [0.2, 0.25) is 0 Å². The second-order valence-electron chi connectivity index (χ2n) is 7.91. The molecular formula is C18H36N4O2. The van der Waals surface area contributed by atoms with Gasteiger partial charge in [0.15, 0.2) is 0 Å². The third kappa shape index (κ3) is 6.95. The van der Waals surface area contributed by atoms with Crippen molar-refractivity contribution < 1.29 is 9.90 Å². The van der Waals surface area contributed by atoms with Crippen LogP contribution in [-0.4, -0.2) is 79.4 Å². The van der Waals surface area contributed by atoms with Crippen LogP contribution in [-0.2, 0) is 0 Å². The predicted octanol–water partition coefficient (Wildman–Crippen LogP) is 1.25. The lowest BCUT2D eigenvalue weighted by atomic mass is 9.95. The maximum atomic E-state index is 12.0. The smallest absolute Gasteiger partial charge is 0.314 e. The van der Waals surface area contributed by atoms with E-state index in [-0.39, 0.29) is 6.03 Å². The van der Waals surface area contributed by atoms with Crippen molar-refractivity contribution in [3.8, 4) is 0 Å². The zero-order valence-corrected chi connectivity index (χ0v) is 15.5. The molecule has 0 spiro atoms. The summed E-state index contributed by atoms with van der Waals surface area (Å²) in [6.07, 6.45) is 6.10. The first-order valence-corrected chi connectivity index (χ1v) is 9.62. The number of likely N-dealkylation sites (N-methyl/N-ethyl adjacent to an activating group) is 1. The molecule has 0 aromatic heterocycles. The van der Waals surface area contributed by atoms with Crippen molar-refractivity contribution >= 4 is 6.03 Å². The van der Waals surface area contributed by atoms with Gasteiger partial charge in [0.1, 0.15) is 0 Å². The van der Waals surface area contributed by atoms with E-state index in [0.717, 1.165) is 58.4 Å². The van der Waals surface area contributed by atoms with E-state index in [2.05, 4.69) is 34.4 Å². The van der Waals surface area contributed by atoms with Gasteiger partial charge in [-0.1, -0.05) is 32.6 Å². The van der Waals surface area contributed by atoms with Gasteiger partial charge >= 0.3 is 6.03 Å². The van der Waals surface area contributed by atoms with E-state index in [1.165, 1.54) is 12.8 Å². The molecule has 0 aromatic carbocycles. The van der Waals surface area contributed by atoms with Crippen molar-refractivity contribution in [3.05, 3.63) is 0 Å². The Morgan fingerprint density at radius 3 is 2.33 bits per heavy atom. The third-order valence-electron chi connectivity index (χ3n) is 5.39. The number of urea groups is 1. The summed E-state index contributed by atoms with van der Waals surface area (Å²) in [6, 6.07) is -0.155. The van der Waals surface area contributed by atoms with E-state index in [1.54, 1.807) is 0 Å². The zero-order chi connectivity index (χ0) is 17.4. The highest BCUT2D eigenvalue weighted by molar-refractivity contribution is 5.73. The maximum absolute atomic E-state index is 12.0. The normalized spacial score (nSPS) is 24.1. The highest BCUT2D eigenvalue weighted by atomic mass is 16.3. The van der Waals surface area contributed by atoms with Crippen molar-refractivity contribution in [2.75, 3.05) is 52.9 Å². The van der Waals surface area contributed by atoms with Gasteiger partial charge in [0.2, 0.25) is 0 Å². The van der Waals surface area contributed by atoms with Crippen LogP contribution in [0.5, 0.6) is 0 Å². The molecule has 1 unspecified atom stereocenters. The Hall–Kier alpha value is -0.850. The van der Waals surface area contributed by atoms with Gasteiger partial charge in [0, 0.05) is 45.8 Å². The highest BCUT2D eigenvalue weighted by Gasteiger charge is 2.28. The second-order valence-corrected chi connectivity index (χ2v) is 7.91. The monoisotopic (exact) mass is 340 g/mol. The van der Waals surface area contributed by atoms with Crippen LogP contribution in [0.15, 0.2) is 0 Å². The molecule has 140 valence electrons. The van der Waals surface area contributed by atoms with Gasteiger partial charge in [0.25, 0.3) is 0 Å². The van der Waals surface area contributed by atoms with Crippen LogP contribution in [0.4, 0.5) is 4.79 Å². The van der Waals surface area contributed by atoms with Crippen LogP contribution in [0, 0.1) is 5.92 Å². The maximum Gasteiger partial charge on any atom is 0.314 e. The molecule has 6 nitrogen and oxygen atoms in total. The molecule has 0 radical (unpaired) electrons. The molecule has 1 saturated carbocycles. The van der Waals surface area contributed by atoms with E-state index in [9.17, 15) is 9.90 Å². The fourth-order valence-electron chi connectivity index (χ4n) is 3.67. The van der Waals surface area contributed by atoms with Crippen molar-refractivity contribution in [3.63, 3.8) is 0 Å². The summed E-state index contributed by atoms with van der Waals surface area (Å²) in [5.41, 5.74) is -0.709. The van der Waals surface area contributed by atoms with Crippen molar-refractivity contribution in [2.24, 2.45) is 5.92 Å². The van der Waals surface area contributed by atoms with Crippen molar-refractivity contribution in [1.29, 1.82) is 0 Å². The van der Waals surface area contributed by atoms with E-state index in [4.69, 9.17) is 0 Å². The number of hydrogen-bond donors (Lipinski definition) is 3. The van der Waals surface area contributed by atoms with Gasteiger partial charge in [-0.3, -0.25) is 0 Å². The van der Waals surface area contributed by atoms with Gasteiger partial charge in [-0.25, -0.2) is 4.79 Å². The van der Waals surface area contributed by atoms with Crippen LogP contribution in [0.1, 0.15) is 45.4 Å². The minimum Gasteiger partial charge on any atom is -0.388 e. The number of hydrogen-bond acceptors (Lipinski definition) is 4. The molecule has 24 heavy (non-hydrogen) atoms. The lowest BCUT2D eigenvalue weighted by Gasteiger charge is -2.34. The second kappa shape index (κ2) is 9.59. The Labute approximate surface area is 147 Å². The van der Waals surface area contributed by atoms with Crippen LogP contribution < -0.4 is 10.6 Å². The number of rotatable bonds is 6. The Morgan fingerprint density at radius 1 is 1.08 bits per heavy atom. The molecule has 1 aliphatic heterocycles. The first kappa shape index (κ1) is 19.5. The van der Waals surface area contributed by atoms with Crippen LogP contribution in [0.25, 0.3) is 0 Å². The number of nitrogens with one attached hydrogen (secondary N) is 2. The molecule has 0 bridgehead atoms. The zero-order valence-electron chi connectivity index (χ0n) is 15.5. The summed E-state index contributed by atoms with van der Waals surface area (Å²) in [5.74, 6) is 0.431. The lowest BCUT2D eigenvalue weighted by Crippen LogP contribution is -2.49. The molecule has 0 aromatic rings. The first-order valence-electron chi connectivity index (χ1n) is 9.62. The SMILES string of the molecule is CC(CNC(=O)NCC1(O)CCCCCC1)CN1CCN(C)CC1. The Balaban J connectivity index is 1.60. The van der Waals surface area contributed by atoms with Crippen molar-refractivity contribution in [2.45, 2.75) is 51.0 Å². The number of piperazine rings is 1. The molecular weight excluding hydrogens is 304 g/mol. The van der Waals surface area contributed by atoms with E-state index < -0.39 is 5.60 Å². The van der Waals surface area contributed by atoms with Crippen LogP contribution >= 0.6 is 0 Å². The van der Waals surface area contributed by atoms with E-state index in [1.807, 2.05) is 0 Å². The summed E-state index contributed by atoms with van der Waals surface area (Å²) in [6.45, 7) is 8.72. The number of aliphatic hydroxyl groups is 1. The molecule has 6 heteroatoms. The van der Waals surface area contributed by atoms with Gasteiger partial charge in [-0.05, 0) is 25.8 Å². The summed E-state index contributed by atoms with van der Waals surface area (Å²) in [7, 11) is 2.16. The summed E-state index contributed by atoms with van der Waals surface area (Å²) >= 11 is 0. The van der Waals surface area contributed by atoms with Gasteiger partial charge in [-0.2, -0.15) is 0 Å². The fraction of sp³-hybridized carbons (Fsp3) is 0.944. The highest BCUT2D eigenvalue weighted by Crippen LogP contribution is 2.26.